The Morgan fingerprint density at radius 2 is 2.09 bits per heavy atom. The number of hydrogen-bond acceptors (Lipinski definition) is 5. The van der Waals surface area contributed by atoms with Gasteiger partial charge in [-0.3, -0.25) is 4.79 Å². The van der Waals surface area contributed by atoms with Gasteiger partial charge in [0.2, 0.25) is 0 Å². The summed E-state index contributed by atoms with van der Waals surface area (Å²) in [6, 6.07) is 7.15. The summed E-state index contributed by atoms with van der Waals surface area (Å²) >= 11 is 0. The van der Waals surface area contributed by atoms with Crippen molar-refractivity contribution in [3.63, 3.8) is 0 Å². The van der Waals surface area contributed by atoms with Crippen LogP contribution in [0.15, 0.2) is 28.8 Å². The van der Waals surface area contributed by atoms with Crippen molar-refractivity contribution in [2.45, 2.75) is 32.8 Å². The summed E-state index contributed by atoms with van der Waals surface area (Å²) in [4.78, 5) is 24.6. The smallest absolute Gasteiger partial charge is 0.339 e. The minimum atomic E-state index is -1.27. The summed E-state index contributed by atoms with van der Waals surface area (Å²) in [6.45, 7) is 5.22. The van der Waals surface area contributed by atoms with Crippen molar-refractivity contribution in [2.75, 3.05) is 5.32 Å². The SMILES string of the molecule is Cc1ccc2c(c1)C(=O)OC(C)(C(=O)Nc1cc(C)on1)C2. The van der Waals surface area contributed by atoms with E-state index in [4.69, 9.17) is 9.26 Å². The first kappa shape index (κ1) is 14.3. The second kappa shape index (κ2) is 4.98. The molecule has 1 N–H and O–H groups in total. The summed E-state index contributed by atoms with van der Waals surface area (Å²) < 4.78 is 10.3. The quantitative estimate of drug-likeness (QED) is 0.861. The van der Waals surface area contributed by atoms with E-state index < -0.39 is 17.5 Å². The van der Waals surface area contributed by atoms with Crippen LogP contribution in [0.25, 0.3) is 0 Å². The van der Waals surface area contributed by atoms with E-state index in [0.29, 0.717) is 23.6 Å². The van der Waals surface area contributed by atoms with Crippen molar-refractivity contribution in [2.24, 2.45) is 0 Å². The van der Waals surface area contributed by atoms with Gasteiger partial charge in [-0.2, -0.15) is 0 Å². The molecule has 0 fully saturated rings. The lowest BCUT2D eigenvalue weighted by molar-refractivity contribution is -0.134. The number of carbonyl (C=O) groups is 2. The first-order valence-corrected chi connectivity index (χ1v) is 6.95. The third-order valence-electron chi connectivity index (χ3n) is 3.68. The van der Waals surface area contributed by atoms with Crippen molar-refractivity contribution >= 4 is 17.7 Å². The molecule has 0 spiro atoms. The van der Waals surface area contributed by atoms with E-state index >= 15 is 0 Å². The van der Waals surface area contributed by atoms with Crippen LogP contribution in [0.3, 0.4) is 0 Å². The van der Waals surface area contributed by atoms with Crippen LogP contribution in [0.4, 0.5) is 5.82 Å². The summed E-state index contributed by atoms with van der Waals surface area (Å²) in [5, 5.41) is 6.32. The number of aromatic nitrogens is 1. The van der Waals surface area contributed by atoms with Crippen molar-refractivity contribution < 1.29 is 18.8 Å². The summed E-state index contributed by atoms with van der Waals surface area (Å²) in [5.74, 6) is -0.0318. The highest BCUT2D eigenvalue weighted by Crippen LogP contribution is 2.29. The van der Waals surface area contributed by atoms with Crippen LogP contribution in [0, 0.1) is 13.8 Å². The molecule has 1 amide bonds. The van der Waals surface area contributed by atoms with Crippen LogP contribution in [0.1, 0.15) is 34.2 Å². The number of ether oxygens (including phenoxy) is 1. The van der Waals surface area contributed by atoms with Gasteiger partial charge in [-0.05, 0) is 32.4 Å². The molecule has 2 aromatic rings. The topological polar surface area (TPSA) is 81.4 Å². The fourth-order valence-corrected chi connectivity index (χ4v) is 2.49. The van der Waals surface area contributed by atoms with Gasteiger partial charge in [-0.15, -0.1) is 0 Å². The Morgan fingerprint density at radius 1 is 1.32 bits per heavy atom. The van der Waals surface area contributed by atoms with E-state index in [1.54, 1.807) is 26.0 Å². The molecule has 1 aromatic heterocycles. The molecule has 0 radical (unpaired) electrons. The average Bonchev–Trinajstić information content (AvgIpc) is 2.85. The number of nitrogens with one attached hydrogen (secondary N) is 1. The van der Waals surface area contributed by atoms with Gasteiger partial charge in [-0.25, -0.2) is 4.79 Å². The number of esters is 1. The molecule has 1 unspecified atom stereocenters. The molecule has 2 heterocycles. The van der Waals surface area contributed by atoms with E-state index in [1.165, 1.54) is 0 Å². The molecule has 6 nitrogen and oxygen atoms in total. The van der Waals surface area contributed by atoms with Gasteiger partial charge in [-0.1, -0.05) is 22.9 Å². The predicted octanol–water partition coefficient (Wildman–Crippen LogP) is 2.40. The molecule has 3 rings (SSSR count). The second-order valence-electron chi connectivity index (χ2n) is 5.73. The normalized spacial score (nSPS) is 20.2. The maximum absolute atomic E-state index is 12.5. The number of amides is 1. The number of anilines is 1. The van der Waals surface area contributed by atoms with Gasteiger partial charge in [0.1, 0.15) is 5.76 Å². The molecular formula is C16H16N2O4. The van der Waals surface area contributed by atoms with Crippen LogP contribution in [0.2, 0.25) is 0 Å². The molecule has 0 bridgehead atoms. The van der Waals surface area contributed by atoms with Crippen LogP contribution >= 0.6 is 0 Å². The number of nitrogens with zero attached hydrogens (tertiary/aromatic N) is 1. The molecule has 1 aliphatic heterocycles. The van der Waals surface area contributed by atoms with E-state index in [0.717, 1.165) is 11.1 Å². The number of cyclic esters (lactones) is 1. The average molecular weight is 300 g/mol. The fraction of sp³-hybridized carbons (Fsp3) is 0.312. The number of carbonyl (C=O) groups excluding carboxylic acids is 2. The summed E-state index contributed by atoms with van der Waals surface area (Å²) in [7, 11) is 0. The lowest BCUT2D eigenvalue weighted by atomic mass is 9.88. The molecule has 22 heavy (non-hydrogen) atoms. The van der Waals surface area contributed by atoms with Gasteiger partial charge >= 0.3 is 5.97 Å². The van der Waals surface area contributed by atoms with Gasteiger partial charge < -0.3 is 14.6 Å². The first-order valence-electron chi connectivity index (χ1n) is 6.95. The van der Waals surface area contributed by atoms with E-state index in [1.807, 2.05) is 19.1 Å². The molecule has 6 heteroatoms. The number of hydrogen-bond donors (Lipinski definition) is 1. The number of fused-ring (bicyclic) bond motifs is 1. The maximum Gasteiger partial charge on any atom is 0.339 e. The zero-order valence-corrected chi connectivity index (χ0v) is 12.6. The highest BCUT2D eigenvalue weighted by atomic mass is 16.6. The molecule has 0 saturated heterocycles. The van der Waals surface area contributed by atoms with Crippen molar-refractivity contribution in [3.05, 3.63) is 46.7 Å². The first-order chi connectivity index (χ1) is 10.4. The Hall–Kier alpha value is -2.63. The Bertz CT molecular complexity index is 765. The molecule has 0 saturated carbocycles. The third kappa shape index (κ3) is 2.47. The van der Waals surface area contributed by atoms with Crippen molar-refractivity contribution in [3.8, 4) is 0 Å². The minimum Gasteiger partial charge on any atom is -0.445 e. The lowest BCUT2D eigenvalue weighted by Gasteiger charge is -2.32. The Morgan fingerprint density at radius 3 is 2.77 bits per heavy atom. The van der Waals surface area contributed by atoms with Crippen molar-refractivity contribution in [1.29, 1.82) is 0 Å². The van der Waals surface area contributed by atoms with Crippen LogP contribution in [-0.4, -0.2) is 22.6 Å². The molecular weight excluding hydrogens is 284 g/mol. The van der Waals surface area contributed by atoms with E-state index in [2.05, 4.69) is 10.5 Å². The molecule has 1 aliphatic rings. The summed E-state index contributed by atoms with van der Waals surface area (Å²) in [6.07, 6.45) is 0.316. The largest absolute Gasteiger partial charge is 0.445 e. The molecule has 0 aliphatic carbocycles. The Kier molecular flexibility index (Phi) is 3.24. The van der Waals surface area contributed by atoms with Crippen molar-refractivity contribution in [1.82, 2.24) is 5.16 Å². The van der Waals surface area contributed by atoms with E-state index in [9.17, 15) is 9.59 Å². The molecule has 114 valence electrons. The number of aryl methyl sites for hydroxylation is 2. The third-order valence-corrected chi connectivity index (χ3v) is 3.68. The van der Waals surface area contributed by atoms with Gasteiger partial charge in [0.25, 0.3) is 5.91 Å². The zero-order valence-electron chi connectivity index (χ0n) is 12.6. The standard InChI is InChI=1S/C16H16N2O4/c1-9-4-5-11-8-16(3,21-14(19)12(11)6-9)15(20)17-13-7-10(2)22-18-13/h4-7H,8H2,1-3H3,(H,17,18,20). The Balaban J connectivity index is 1.86. The van der Waals surface area contributed by atoms with Gasteiger partial charge in [0.05, 0.1) is 5.56 Å². The van der Waals surface area contributed by atoms with E-state index in [-0.39, 0.29) is 0 Å². The van der Waals surface area contributed by atoms with Crippen LogP contribution in [-0.2, 0) is 16.0 Å². The lowest BCUT2D eigenvalue weighted by Crippen LogP contribution is -2.49. The second-order valence-corrected chi connectivity index (χ2v) is 5.73. The minimum absolute atomic E-state index is 0.300. The zero-order chi connectivity index (χ0) is 15.9. The van der Waals surface area contributed by atoms with Gasteiger partial charge in [0, 0.05) is 12.5 Å². The number of benzene rings is 1. The summed E-state index contributed by atoms with van der Waals surface area (Å²) in [5.41, 5.74) is 1.02. The Labute approximate surface area is 127 Å². The fourth-order valence-electron chi connectivity index (χ4n) is 2.49. The van der Waals surface area contributed by atoms with Crippen LogP contribution < -0.4 is 5.32 Å². The monoisotopic (exact) mass is 300 g/mol. The highest BCUT2D eigenvalue weighted by molar-refractivity contribution is 6.02. The molecule has 1 aromatic carbocycles. The highest BCUT2D eigenvalue weighted by Gasteiger charge is 2.43. The predicted molar refractivity (Wildman–Crippen MR) is 78.6 cm³/mol. The molecule has 1 atom stereocenters. The van der Waals surface area contributed by atoms with Gasteiger partial charge in [0.15, 0.2) is 11.4 Å². The maximum atomic E-state index is 12.5. The van der Waals surface area contributed by atoms with Crippen LogP contribution in [0.5, 0.6) is 0 Å². The number of rotatable bonds is 2.